The molecule has 2 aliphatic rings. The molecule has 1 atom stereocenters. The van der Waals surface area contributed by atoms with Crippen LogP contribution in [0.3, 0.4) is 0 Å². The molecule has 2 aliphatic heterocycles. The summed E-state index contributed by atoms with van der Waals surface area (Å²) in [6, 6.07) is 0. The molecule has 22 heavy (non-hydrogen) atoms. The molecular weight excluding hydrogens is 411 g/mol. The molecule has 2 fully saturated rings. The summed E-state index contributed by atoms with van der Waals surface area (Å²) in [5.41, 5.74) is -0.0160. The third-order valence-electron chi connectivity index (χ3n) is 3.97. The van der Waals surface area contributed by atoms with Crippen LogP contribution in [0.5, 0.6) is 0 Å². The van der Waals surface area contributed by atoms with E-state index in [1.807, 2.05) is 7.05 Å². The lowest BCUT2D eigenvalue weighted by molar-refractivity contribution is -0.0852. The molecular formula is C15H31IN4OS. The van der Waals surface area contributed by atoms with E-state index in [9.17, 15) is 0 Å². The van der Waals surface area contributed by atoms with E-state index >= 15 is 0 Å². The van der Waals surface area contributed by atoms with Crippen LogP contribution < -0.4 is 10.6 Å². The van der Waals surface area contributed by atoms with Crippen LogP contribution in [0.1, 0.15) is 26.7 Å². The quantitative estimate of drug-likeness (QED) is 0.386. The van der Waals surface area contributed by atoms with Crippen molar-refractivity contribution in [2.75, 3.05) is 52.1 Å². The Morgan fingerprint density at radius 1 is 1.41 bits per heavy atom. The molecule has 0 aromatic heterocycles. The van der Waals surface area contributed by atoms with E-state index in [-0.39, 0.29) is 29.6 Å². The molecule has 5 nitrogen and oxygen atoms in total. The van der Waals surface area contributed by atoms with Crippen LogP contribution in [0.4, 0.5) is 0 Å². The normalized spacial score (nSPS) is 25.6. The second kappa shape index (κ2) is 10.2. The number of morpholine rings is 1. The lowest BCUT2D eigenvalue weighted by atomic mass is 10.1. The van der Waals surface area contributed by atoms with Crippen LogP contribution in [0.2, 0.25) is 0 Å². The predicted molar refractivity (Wildman–Crippen MR) is 107 cm³/mol. The molecule has 2 N–H and O–H groups in total. The van der Waals surface area contributed by atoms with E-state index in [4.69, 9.17) is 4.74 Å². The van der Waals surface area contributed by atoms with Gasteiger partial charge in [-0.15, -0.1) is 24.0 Å². The van der Waals surface area contributed by atoms with Gasteiger partial charge >= 0.3 is 0 Å². The lowest BCUT2D eigenvalue weighted by Gasteiger charge is -2.38. The number of nitrogens with one attached hydrogen (secondary N) is 2. The summed E-state index contributed by atoms with van der Waals surface area (Å²) >= 11 is 2.07. The van der Waals surface area contributed by atoms with Gasteiger partial charge in [-0.05, 0) is 32.4 Å². The molecule has 2 heterocycles. The molecule has 0 amide bonds. The molecule has 0 spiro atoms. The van der Waals surface area contributed by atoms with Crippen molar-refractivity contribution in [1.29, 1.82) is 0 Å². The molecule has 1 unspecified atom stereocenters. The van der Waals surface area contributed by atoms with Gasteiger partial charge in [-0.2, -0.15) is 11.8 Å². The summed E-state index contributed by atoms with van der Waals surface area (Å²) in [5.74, 6) is 2.24. The molecule has 0 radical (unpaired) electrons. The van der Waals surface area contributed by atoms with Crippen molar-refractivity contribution in [1.82, 2.24) is 15.5 Å². The highest BCUT2D eigenvalue weighted by Gasteiger charge is 2.26. The Labute approximate surface area is 156 Å². The number of nitrogens with zero attached hydrogens (tertiary/aromatic N) is 2. The number of thioether (sulfide) groups is 1. The van der Waals surface area contributed by atoms with E-state index in [0.717, 1.165) is 50.5 Å². The summed E-state index contributed by atoms with van der Waals surface area (Å²) in [6.45, 7) is 10.2. The summed E-state index contributed by atoms with van der Waals surface area (Å²) in [5, 5.41) is 7.61. The average Bonchev–Trinajstić information content (AvgIpc) is 2.95. The third kappa shape index (κ3) is 7.23. The standard InChI is InChI=1S/C15H30N4OS.HI/c1-15(2)12-19(8-9-20-15)7-6-17-14(16-3)18-11-13-5-4-10-21-13;/h13H,4-12H2,1-3H3,(H2,16,17,18);1H. The SMILES string of the molecule is CN=C(NCCN1CCOC(C)(C)C1)NCC1CCCS1.I. The number of aliphatic imine (C=N–C) groups is 1. The molecule has 0 saturated carbocycles. The summed E-state index contributed by atoms with van der Waals surface area (Å²) in [7, 11) is 1.84. The van der Waals surface area contributed by atoms with Gasteiger partial charge in [0.2, 0.25) is 0 Å². The zero-order chi connectivity index (χ0) is 15.1. The Kier molecular flexibility index (Phi) is 9.42. The molecule has 0 aromatic carbocycles. The van der Waals surface area contributed by atoms with Crippen molar-refractivity contribution in [2.45, 2.75) is 37.5 Å². The fourth-order valence-corrected chi connectivity index (χ4v) is 4.08. The molecule has 7 heteroatoms. The third-order valence-corrected chi connectivity index (χ3v) is 5.37. The van der Waals surface area contributed by atoms with Gasteiger partial charge in [0.25, 0.3) is 0 Å². The number of hydrogen-bond donors (Lipinski definition) is 2. The second-order valence-corrected chi connectivity index (χ2v) is 7.81. The molecule has 0 bridgehead atoms. The van der Waals surface area contributed by atoms with Crippen molar-refractivity contribution in [3.05, 3.63) is 0 Å². The zero-order valence-corrected chi connectivity index (χ0v) is 17.2. The van der Waals surface area contributed by atoms with E-state index < -0.39 is 0 Å². The number of hydrogen-bond acceptors (Lipinski definition) is 4. The van der Waals surface area contributed by atoms with Crippen LogP contribution in [-0.4, -0.2) is 73.8 Å². The average molecular weight is 442 g/mol. The van der Waals surface area contributed by atoms with Gasteiger partial charge in [-0.3, -0.25) is 9.89 Å². The van der Waals surface area contributed by atoms with Crippen LogP contribution >= 0.6 is 35.7 Å². The first-order chi connectivity index (χ1) is 10.1. The maximum Gasteiger partial charge on any atom is 0.191 e. The minimum atomic E-state index is -0.0160. The smallest absolute Gasteiger partial charge is 0.191 e. The van der Waals surface area contributed by atoms with Crippen molar-refractivity contribution in [3.63, 3.8) is 0 Å². The summed E-state index contributed by atoms with van der Waals surface area (Å²) < 4.78 is 5.74. The highest BCUT2D eigenvalue weighted by Crippen LogP contribution is 2.25. The van der Waals surface area contributed by atoms with E-state index in [2.05, 4.69) is 46.1 Å². The highest BCUT2D eigenvalue weighted by atomic mass is 127. The maximum absolute atomic E-state index is 5.74. The Morgan fingerprint density at radius 3 is 2.86 bits per heavy atom. The fraction of sp³-hybridized carbons (Fsp3) is 0.933. The Bertz CT molecular complexity index is 348. The number of halogens is 1. The predicted octanol–water partition coefficient (Wildman–Crippen LogP) is 1.78. The van der Waals surface area contributed by atoms with Gasteiger partial charge in [0, 0.05) is 45.0 Å². The van der Waals surface area contributed by atoms with Crippen LogP contribution in [0, 0.1) is 0 Å². The fourth-order valence-electron chi connectivity index (χ4n) is 2.87. The van der Waals surface area contributed by atoms with Crippen LogP contribution in [0.25, 0.3) is 0 Å². The van der Waals surface area contributed by atoms with E-state index in [1.165, 1.54) is 18.6 Å². The highest BCUT2D eigenvalue weighted by molar-refractivity contribution is 14.0. The van der Waals surface area contributed by atoms with Gasteiger partial charge < -0.3 is 15.4 Å². The minimum Gasteiger partial charge on any atom is -0.373 e. The lowest BCUT2D eigenvalue weighted by Crippen LogP contribution is -2.51. The molecule has 130 valence electrons. The number of rotatable bonds is 5. The van der Waals surface area contributed by atoms with Gasteiger partial charge in [-0.25, -0.2) is 0 Å². The minimum absolute atomic E-state index is 0. The maximum atomic E-state index is 5.74. The first-order valence-corrected chi connectivity index (χ1v) is 9.06. The topological polar surface area (TPSA) is 48.9 Å². The largest absolute Gasteiger partial charge is 0.373 e. The second-order valence-electron chi connectivity index (χ2n) is 6.40. The molecule has 2 saturated heterocycles. The van der Waals surface area contributed by atoms with Crippen LogP contribution in [0.15, 0.2) is 4.99 Å². The Hall–Kier alpha value is 0.270. The molecule has 0 aromatic rings. The van der Waals surface area contributed by atoms with Crippen molar-refractivity contribution in [3.8, 4) is 0 Å². The van der Waals surface area contributed by atoms with E-state index in [1.54, 1.807) is 0 Å². The van der Waals surface area contributed by atoms with Crippen LogP contribution in [-0.2, 0) is 4.74 Å². The first kappa shape index (κ1) is 20.3. The Morgan fingerprint density at radius 2 is 2.23 bits per heavy atom. The zero-order valence-electron chi connectivity index (χ0n) is 14.1. The number of ether oxygens (including phenoxy) is 1. The molecule has 0 aliphatic carbocycles. The summed E-state index contributed by atoms with van der Waals surface area (Å²) in [6.07, 6.45) is 2.69. The number of guanidine groups is 1. The monoisotopic (exact) mass is 442 g/mol. The van der Waals surface area contributed by atoms with Gasteiger partial charge in [0.1, 0.15) is 0 Å². The van der Waals surface area contributed by atoms with E-state index in [0.29, 0.717) is 0 Å². The Balaban J connectivity index is 0.00000242. The van der Waals surface area contributed by atoms with Gasteiger partial charge in [0.15, 0.2) is 5.96 Å². The van der Waals surface area contributed by atoms with Gasteiger partial charge in [-0.1, -0.05) is 0 Å². The summed E-state index contributed by atoms with van der Waals surface area (Å²) in [4.78, 5) is 6.76. The van der Waals surface area contributed by atoms with Crippen molar-refractivity contribution in [2.24, 2.45) is 4.99 Å². The van der Waals surface area contributed by atoms with Crippen molar-refractivity contribution < 1.29 is 4.74 Å². The first-order valence-electron chi connectivity index (χ1n) is 8.01. The van der Waals surface area contributed by atoms with Crippen molar-refractivity contribution >= 4 is 41.7 Å². The van der Waals surface area contributed by atoms with Gasteiger partial charge in [0.05, 0.1) is 12.2 Å². The molecule has 2 rings (SSSR count).